The summed E-state index contributed by atoms with van der Waals surface area (Å²) < 4.78 is 5.50. The second-order valence-electron chi connectivity index (χ2n) is 5.11. The van der Waals surface area contributed by atoms with Crippen molar-refractivity contribution in [3.63, 3.8) is 0 Å². The van der Waals surface area contributed by atoms with Crippen molar-refractivity contribution >= 4 is 22.4 Å². The minimum absolute atomic E-state index is 0.0170. The molecular weight excluding hydrogens is 312 g/mol. The summed E-state index contributed by atoms with van der Waals surface area (Å²) in [7, 11) is 0. The van der Waals surface area contributed by atoms with Gasteiger partial charge in [-0.25, -0.2) is 4.98 Å². The number of hydrogen-bond donors (Lipinski definition) is 0. The molecule has 1 saturated heterocycles. The van der Waals surface area contributed by atoms with Gasteiger partial charge in [0.2, 0.25) is 0 Å². The van der Waals surface area contributed by atoms with E-state index < -0.39 is 0 Å². The van der Waals surface area contributed by atoms with E-state index in [1.807, 2.05) is 16.3 Å². The zero-order valence-corrected chi connectivity index (χ0v) is 13.3. The molecule has 6 nitrogen and oxygen atoms in total. The van der Waals surface area contributed by atoms with Crippen molar-refractivity contribution in [3.05, 3.63) is 41.4 Å². The van der Waals surface area contributed by atoms with Crippen LogP contribution in [0.3, 0.4) is 0 Å². The zero-order chi connectivity index (χ0) is 16.1. The Morgan fingerprint density at radius 1 is 1.26 bits per heavy atom. The maximum Gasteiger partial charge on any atom is 0.260 e. The maximum atomic E-state index is 12.2. The Morgan fingerprint density at radius 2 is 2.00 bits per heavy atom. The van der Waals surface area contributed by atoms with Gasteiger partial charge in [-0.15, -0.1) is 11.3 Å². The highest BCUT2D eigenvalue weighted by molar-refractivity contribution is 7.13. The van der Waals surface area contributed by atoms with Crippen molar-refractivity contribution in [1.29, 1.82) is 5.26 Å². The molecule has 1 aromatic carbocycles. The topological polar surface area (TPSA) is 69.5 Å². The van der Waals surface area contributed by atoms with Crippen molar-refractivity contribution < 1.29 is 9.53 Å². The number of hydrogen-bond acceptors (Lipinski definition) is 6. The Morgan fingerprint density at radius 3 is 2.61 bits per heavy atom. The predicted octanol–water partition coefficient (Wildman–Crippen LogP) is 1.74. The third kappa shape index (κ3) is 3.79. The molecule has 23 heavy (non-hydrogen) atoms. The third-order valence-electron chi connectivity index (χ3n) is 3.67. The van der Waals surface area contributed by atoms with Crippen molar-refractivity contribution in [2.24, 2.45) is 0 Å². The van der Waals surface area contributed by atoms with E-state index in [9.17, 15) is 4.79 Å². The first-order valence-electron chi connectivity index (χ1n) is 7.31. The number of carbonyl (C=O) groups excluding carboxylic acids is 1. The molecule has 1 aliphatic rings. The Labute approximate surface area is 138 Å². The second kappa shape index (κ2) is 7.11. The quantitative estimate of drug-likeness (QED) is 0.855. The zero-order valence-electron chi connectivity index (χ0n) is 12.5. The van der Waals surface area contributed by atoms with Crippen LogP contribution in [0.15, 0.2) is 35.8 Å². The highest BCUT2D eigenvalue weighted by Gasteiger charge is 2.22. The molecule has 0 saturated carbocycles. The summed E-state index contributed by atoms with van der Waals surface area (Å²) in [6.45, 7) is 2.94. The first-order chi connectivity index (χ1) is 11.3. The molecule has 0 bridgehead atoms. The Bertz CT molecular complexity index is 686. The van der Waals surface area contributed by atoms with Gasteiger partial charge >= 0.3 is 0 Å². The summed E-state index contributed by atoms with van der Waals surface area (Å²) in [4.78, 5) is 20.5. The number of aromatic nitrogens is 1. The van der Waals surface area contributed by atoms with Gasteiger partial charge in [0.05, 0.1) is 11.6 Å². The molecule has 0 N–H and O–H groups in total. The van der Waals surface area contributed by atoms with E-state index in [-0.39, 0.29) is 12.5 Å². The molecule has 0 spiro atoms. The normalized spacial score (nSPS) is 14.4. The van der Waals surface area contributed by atoms with Crippen molar-refractivity contribution in [1.82, 2.24) is 9.88 Å². The fourth-order valence-corrected chi connectivity index (χ4v) is 3.08. The van der Waals surface area contributed by atoms with Gasteiger partial charge < -0.3 is 14.5 Å². The Balaban J connectivity index is 1.47. The van der Waals surface area contributed by atoms with E-state index in [1.54, 1.807) is 41.8 Å². The summed E-state index contributed by atoms with van der Waals surface area (Å²) in [6.07, 6.45) is 1.79. The molecule has 1 aromatic heterocycles. The molecule has 0 unspecified atom stereocenters. The van der Waals surface area contributed by atoms with E-state index in [1.165, 1.54) is 0 Å². The molecule has 2 heterocycles. The molecule has 1 fully saturated rings. The van der Waals surface area contributed by atoms with E-state index in [2.05, 4.69) is 9.88 Å². The highest BCUT2D eigenvalue weighted by Crippen LogP contribution is 2.19. The van der Waals surface area contributed by atoms with Gasteiger partial charge in [0.25, 0.3) is 5.91 Å². The molecule has 1 aliphatic heterocycles. The number of nitrogens with zero attached hydrogens (tertiary/aromatic N) is 4. The van der Waals surface area contributed by atoms with Crippen LogP contribution in [0.1, 0.15) is 5.56 Å². The Hall–Kier alpha value is -2.59. The number of ether oxygens (including phenoxy) is 1. The van der Waals surface area contributed by atoms with Crippen LogP contribution in [-0.2, 0) is 4.79 Å². The second-order valence-corrected chi connectivity index (χ2v) is 5.98. The molecular formula is C16H16N4O2S. The summed E-state index contributed by atoms with van der Waals surface area (Å²) in [6, 6.07) is 8.79. The number of nitriles is 1. The van der Waals surface area contributed by atoms with Crippen molar-refractivity contribution in [3.8, 4) is 11.8 Å². The lowest BCUT2D eigenvalue weighted by atomic mass is 10.2. The average molecular weight is 328 g/mol. The standard InChI is InChI=1S/C16H16N4O2S/c17-11-13-1-3-14(4-2-13)22-12-15(21)19-6-8-20(9-7-19)16-18-5-10-23-16/h1-5,10H,6-9,12H2. The van der Waals surface area contributed by atoms with E-state index in [0.717, 1.165) is 18.2 Å². The van der Waals surface area contributed by atoms with E-state index >= 15 is 0 Å². The number of amides is 1. The SMILES string of the molecule is N#Cc1ccc(OCC(=O)N2CCN(c3nccs3)CC2)cc1. The summed E-state index contributed by atoms with van der Waals surface area (Å²) in [5.74, 6) is 0.576. The van der Waals surface area contributed by atoms with Crippen LogP contribution in [0.4, 0.5) is 5.13 Å². The van der Waals surface area contributed by atoms with E-state index in [4.69, 9.17) is 10.00 Å². The molecule has 1 amide bonds. The smallest absolute Gasteiger partial charge is 0.260 e. The Kier molecular flexibility index (Phi) is 4.74. The summed E-state index contributed by atoms with van der Waals surface area (Å²) >= 11 is 1.61. The number of carbonyl (C=O) groups is 1. The highest BCUT2D eigenvalue weighted by atomic mass is 32.1. The van der Waals surface area contributed by atoms with Crippen LogP contribution in [-0.4, -0.2) is 48.6 Å². The maximum absolute atomic E-state index is 12.2. The lowest BCUT2D eigenvalue weighted by molar-refractivity contribution is -0.133. The molecule has 2 aromatic rings. The van der Waals surface area contributed by atoms with Gasteiger partial charge in [0.1, 0.15) is 5.75 Å². The van der Waals surface area contributed by atoms with E-state index in [0.29, 0.717) is 24.4 Å². The predicted molar refractivity (Wildman–Crippen MR) is 87.6 cm³/mol. The van der Waals surface area contributed by atoms with Crippen LogP contribution in [0.2, 0.25) is 0 Å². The minimum atomic E-state index is -0.0202. The largest absolute Gasteiger partial charge is 0.484 e. The number of rotatable bonds is 4. The van der Waals surface area contributed by atoms with Gasteiger partial charge in [-0.1, -0.05) is 0 Å². The molecule has 7 heteroatoms. The van der Waals surface area contributed by atoms with Crippen LogP contribution in [0.25, 0.3) is 0 Å². The first kappa shape index (κ1) is 15.3. The van der Waals surface area contributed by atoms with Gasteiger partial charge in [-0.2, -0.15) is 5.26 Å². The van der Waals surface area contributed by atoms with Gasteiger partial charge in [0.15, 0.2) is 11.7 Å². The fraction of sp³-hybridized carbons (Fsp3) is 0.312. The van der Waals surface area contributed by atoms with Crippen molar-refractivity contribution in [2.75, 3.05) is 37.7 Å². The minimum Gasteiger partial charge on any atom is -0.484 e. The summed E-state index contributed by atoms with van der Waals surface area (Å²) in [5, 5.41) is 11.7. The average Bonchev–Trinajstić information content (AvgIpc) is 3.15. The fourth-order valence-electron chi connectivity index (χ4n) is 2.38. The first-order valence-corrected chi connectivity index (χ1v) is 8.19. The molecule has 0 radical (unpaired) electrons. The molecule has 3 rings (SSSR count). The molecule has 0 aliphatic carbocycles. The van der Waals surface area contributed by atoms with Crippen LogP contribution in [0, 0.1) is 11.3 Å². The van der Waals surface area contributed by atoms with Crippen LogP contribution in [0.5, 0.6) is 5.75 Å². The van der Waals surface area contributed by atoms with Crippen LogP contribution >= 0.6 is 11.3 Å². The number of piperazine rings is 1. The number of benzene rings is 1. The van der Waals surface area contributed by atoms with Gasteiger partial charge in [-0.05, 0) is 24.3 Å². The summed E-state index contributed by atoms with van der Waals surface area (Å²) in [5.41, 5.74) is 0.571. The van der Waals surface area contributed by atoms with Crippen LogP contribution < -0.4 is 9.64 Å². The third-order valence-corrected chi connectivity index (χ3v) is 4.50. The number of thiazole rings is 1. The van der Waals surface area contributed by atoms with Gasteiger partial charge in [0, 0.05) is 37.8 Å². The molecule has 118 valence electrons. The number of anilines is 1. The van der Waals surface area contributed by atoms with Gasteiger partial charge in [-0.3, -0.25) is 4.79 Å². The molecule has 0 atom stereocenters. The monoisotopic (exact) mass is 328 g/mol. The van der Waals surface area contributed by atoms with Crippen molar-refractivity contribution in [2.45, 2.75) is 0 Å². The lowest BCUT2D eigenvalue weighted by Crippen LogP contribution is -2.50. The lowest BCUT2D eigenvalue weighted by Gasteiger charge is -2.34.